The number of halogens is 1. The van der Waals surface area contributed by atoms with Gasteiger partial charge in [-0.2, -0.15) is 0 Å². The molecule has 2 N–H and O–H groups in total. The largest absolute Gasteiger partial charge is 0.339 e. The third kappa shape index (κ3) is 4.86. The number of rotatable bonds is 8. The lowest BCUT2D eigenvalue weighted by atomic mass is 10.1. The van der Waals surface area contributed by atoms with Gasteiger partial charge in [0, 0.05) is 23.3 Å². The van der Waals surface area contributed by atoms with Crippen LogP contribution in [0.5, 0.6) is 0 Å². The summed E-state index contributed by atoms with van der Waals surface area (Å²) < 4.78 is 13.2. The molecule has 1 aromatic heterocycles. The number of thiophene rings is 1. The Hall–Kier alpha value is -2.50. The first-order valence-electron chi connectivity index (χ1n) is 9.66. The molecule has 3 nitrogen and oxygen atoms in total. The molecule has 0 radical (unpaired) electrons. The Morgan fingerprint density at radius 3 is 2.46 bits per heavy atom. The second-order valence-corrected chi connectivity index (χ2v) is 8.32. The van der Waals surface area contributed by atoms with E-state index in [2.05, 4.69) is 23.5 Å². The zero-order chi connectivity index (χ0) is 19.3. The van der Waals surface area contributed by atoms with Gasteiger partial charge in [0.15, 0.2) is 6.54 Å². The van der Waals surface area contributed by atoms with E-state index >= 15 is 0 Å². The molecule has 28 heavy (non-hydrogen) atoms. The predicted molar refractivity (Wildman–Crippen MR) is 110 cm³/mol. The maximum atomic E-state index is 13.2. The van der Waals surface area contributed by atoms with Crippen LogP contribution in [0.4, 0.5) is 4.39 Å². The van der Waals surface area contributed by atoms with Crippen LogP contribution >= 0.6 is 11.3 Å². The van der Waals surface area contributed by atoms with Crippen molar-refractivity contribution in [2.45, 2.75) is 31.5 Å². The van der Waals surface area contributed by atoms with E-state index in [0.29, 0.717) is 12.6 Å². The summed E-state index contributed by atoms with van der Waals surface area (Å²) in [6, 6.07) is 21.2. The number of nitrogens with one attached hydrogen (secondary N) is 2. The van der Waals surface area contributed by atoms with Crippen molar-refractivity contribution in [2.24, 2.45) is 0 Å². The molecular weight excluding hydrogens is 371 g/mol. The van der Waals surface area contributed by atoms with Gasteiger partial charge in [-0.05, 0) is 29.1 Å². The molecule has 144 valence electrons. The van der Waals surface area contributed by atoms with Crippen LogP contribution in [0.2, 0.25) is 0 Å². The first-order valence-corrected chi connectivity index (χ1v) is 10.5. The van der Waals surface area contributed by atoms with Crippen molar-refractivity contribution in [3.8, 4) is 0 Å². The molecule has 1 saturated carbocycles. The van der Waals surface area contributed by atoms with Crippen LogP contribution in [0, 0.1) is 5.82 Å². The van der Waals surface area contributed by atoms with Crippen molar-refractivity contribution in [3.63, 3.8) is 0 Å². The van der Waals surface area contributed by atoms with E-state index in [4.69, 9.17) is 0 Å². The fourth-order valence-electron chi connectivity index (χ4n) is 3.55. The Labute approximate surface area is 168 Å². The van der Waals surface area contributed by atoms with Crippen LogP contribution in [-0.4, -0.2) is 18.5 Å². The lowest BCUT2D eigenvalue weighted by molar-refractivity contribution is -0.917. The molecule has 5 heteroatoms. The topological polar surface area (TPSA) is 33.5 Å². The molecule has 2 atom stereocenters. The van der Waals surface area contributed by atoms with Crippen molar-refractivity contribution in [1.82, 2.24) is 5.32 Å². The Balaban J connectivity index is 1.45. The van der Waals surface area contributed by atoms with Crippen LogP contribution in [0.25, 0.3) is 0 Å². The number of hydrogen-bond acceptors (Lipinski definition) is 2. The van der Waals surface area contributed by atoms with Crippen molar-refractivity contribution in [2.75, 3.05) is 6.54 Å². The van der Waals surface area contributed by atoms with Gasteiger partial charge in [0.05, 0.1) is 12.1 Å². The predicted octanol–water partition coefficient (Wildman–Crippen LogP) is 3.34. The summed E-state index contributed by atoms with van der Waals surface area (Å²) in [4.78, 5) is 15.3. The molecule has 0 aliphatic heterocycles. The van der Waals surface area contributed by atoms with E-state index in [0.717, 1.165) is 35.4 Å². The number of hydrogen-bond donors (Lipinski definition) is 2. The van der Waals surface area contributed by atoms with Gasteiger partial charge in [0.2, 0.25) is 0 Å². The van der Waals surface area contributed by atoms with Crippen molar-refractivity contribution in [3.05, 3.63) is 93.9 Å². The molecular formula is C23H24FN2OS+. The number of amides is 1. The monoisotopic (exact) mass is 395 g/mol. The van der Waals surface area contributed by atoms with Gasteiger partial charge in [0.25, 0.3) is 5.91 Å². The number of carbonyl (C=O) groups excluding carboxylic acids is 1. The molecule has 1 unspecified atom stereocenters. The second kappa shape index (κ2) is 8.67. The highest BCUT2D eigenvalue weighted by molar-refractivity contribution is 7.10. The molecule has 3 aromatic rings. The van der Waals surface area contributed by atoms with E-state index in [1.807, 2.05) is 41.8 Å². The van der Waals surface area contributed by atoms with E-state index in [9.17, 15) is 9.18 Å². The average molecular weight is 396 g/mol. The molecule has 1 aliphatic carbocycles. The van der Waals surface area contributed by atoms with Crippen molar-refractivity contribution >= 4 is 17.2 Å². The minimum Gasteiger partial charge on any atom is -0.339 e. The Kier molecular flexibility index (Phi) is 5.84. The van der Waals surface area contributed by atoms with Gasteiger partial charge in [-0.25, -0.2) is 4.39 Å². The zero-order valence-electron chi connectivity index (χ0n) is 15.6. The van der Waals surface area contributed by atoms with E-state index in [-0.39, 0.29) is 17.8 Å². The molecule has 1 heterocycles. The fraction of sp³-hybridized carbons (Fsp3) is 0.261. The SMILES string of the molecule is O=C(C[NH+](Cc1ccc(F)cc1)C1CC1)N[C@H](c1ccccc1)c1cccs1. The van der Waals surface area contributed by atoms with E-state index < -0.39 is 0 Å². The minimum absolute atomic E-state index is 0.0475. The molecule has 0 saturated heterocycles. The van der Waals surface area contributed by atoms with Crippen LogP contribution in [0.15, 0.2) is 72.1 Å². The first-order chi connectivity index (χ1) is 13.7. The van der Waals surface area contributed by atoms with Crippen LogP contribution in [-0.2, 0) is 11.3 Å². The highest BCUT2D eigenvalue weighted by Crippen LogP contribution is 2.25. The highest BCUT2D eigenvalue weighted by Gasteiger charge is 2.35. The molecule has 1 aliphatic rings. The van der Waals surface area contributed by atoms with Crippen molar-refractivity contribution < 1.29 is 14.1 Å². The standard InChI is InChI=1S/C23H23FN2OS/c24-19-10-8-17(9-11-19)15-26(20-12-13-20)16-22(27)25-23(21-7-4-14-28-21)18-5-2-1-3-6-18/h1-11,14,20,23H,12-13,15-16H2,(H,25,27)/p+1/t23-/m1/s1. The maximum absolute atomic E-state index is 13.2. The molecule has 0 bridgehead atoms. The Bertz CT molecular complexity index is 892. The Morgan fingerprint density at radius 1 is 1.07 bits per heavy atom. The normalized spacial score (nSPS) is 15.8. The fourth-order valence-corrected chi connectivity index (χ4v) is 4.35. The van der Waals surface area contributed by atoms with Crippen LogP contribution in [0.1, 0.15) is 34.9 Å². The summed E-state index contributed by atoms with van der Waals surface area (Å²) in [6.07, 6.45) is 2.30. The van der Waals surface area contributed by atoms with Crippen molar-refractivity contribution in [1.29, 1.82) is 0 Å². The smallest absolute Gasteiger partial charge is 0.275 e. The van der Waals surface area contributed by atoms with Crippen LogP contribution in [0.3, 0.4) is 0 Å². The quantitative estimate of drug-likeness (QED) is 0.603. The van der Waals surface area contributed by atoms with Gasteiger partial charge >= 0.3 is 0 Å². The summed E-state index contributed by atoms with van der Waals surface area (Å²) in [5.74, 6) is -0.178. The number of quaternary nitrogens is 1. The van der Waals surface area contributed by atoms with Crippen LogP contribution < -0.4 is 10.2 Å². The van der Waals surface area contributed by atoms with Gasteiger partial charge in [-0.3, -0.25) is 4.79 Å². The van der Waals surface area contributed by atoms with E-state index in [1.165, 1.54) is 17.0 Å². The third-order valence-electron chi connectivity index (χ3n) is 5.15. The minimum atomic E-state index is -0.226. The summed E-state index contributed by atoms with van der Waals surface area (Å²) in [7, 11) is 0. The van der Waals surface area contributed by atoms with Gasteiger partial charge in [-0.15, -0.1) is 11.3 Å². The lowest BCUT2D eigenvalue weighted by Gasteiger charge is -2.22. The summed E-state index contributed by atoms with van der Waals surface area (Å²) >= 11 is 1.65. The third-order valence-corrected chi connectivity index (χ3v) is 6.09. The average Bonchev–Trinajstić information content (AvgIpc) is 3.42. The molecule has 1 amide bonds. The first kappa shape index (κ1) is 18.8. The molecule has 0 spiro atoms. The van der Waals surface area contributed by atoms with Gasteiger partial charge in [0.1, 0.15) is 12.4 Å². The number of carbonyl (C=O) groups is 1. The molecule has 4 rings (SSSR count). The highest BCUT2D eigenvalue weighted by atomic mass is 32.1. The van der Waals surface area contributed by atoms with Gasteiger partial charge in [-0.1, -0.05) is 48.5 Å². The summed E-state index contributed by atoms with van der Waals surface area (Å²) in [5.41, 5.74) is 2.15. The van der Waals surface area contributed by atoms with E-state index in [1.54, 1.807) is 11.3 Å². The lowest BCUT2D eigenvalue weighted by Crippen LogP contribution is -3.13. The summed E-state index contributed by atoms with van der Waals surface area (Å²) in [6.45, 7) is 1.17. The zero-order valence-corrected chi connectivity index (χ0v) is 16.4. The summed E-state index contributed by atoms with van der Waals surface area (Å²) in [5, 5.41) is 5.27. The Morgan fingerprint density at radius 2 is 1.82 bits per heavy atom. The molecule has 1 fully saturated rings. The van der Waals surface area contributed by atoms with Gasteiger partial charge < -0.3 is 10.2 Å². The number of benzene rings is 2. The molecule has 2 aromatic carbocycles. The second-order valence-electron chi connectivity index (χ2n) is 7.34. The maximum Gasteiger partial charge on any atom is 0.275 e.